The summed E-state index contributed by atoms with van der Waals surface area (Å²) in [6.45, 7) is 4.27. The first kappa shape index (κ1) is 19.1. The molecule has 1 fully saturated rings. The molecule has 0 aromatic heterocycles. The van der Waals surface area contributed by atoms with Gasteiger partial charge in [-0.25, -0.2) is 8.42 Å². The Hall–Kier alpha value is -1.70. The molecule has 5 nitrogen and oxygen atoms in total. The molecule has 26 heavy (non-hydrogen) atoms. The lowest BCUT2D eigenvalue weighted by Crippen LogP contribution is -2.43. The van der Waals surface area contributed by atoms with Crippen molar-refractivity contribution < 1.29 is 13.2 Å². The molecule has 1 aliphatic rings. The third-order valence-electron chi connectivity index (χ3n) is 4.42. The molecule has 1 aliphatic heterocycles. The normalized spacial score (nSPS) is 18.0. The highest BCUT2D eigenvalue weighted by molar-refractivity contribution is 9.10. The molecule has 0 aliphatic carbocycles. The van der Waals surface area contributed by atoms with Crippen molar-refractivity contribution in [2.45, 2.75) is 37.6 Å². The van der Waals surface area contributed by atoms with E-state index in [0.29, 0.717) is 25.1 Å². The van der Waals surface area contributed by atoms with Crippen LogP contribution in [0.15, 0.2) is 51.8 Å². The molecule has 7 heteroatoms. The fourth-order valence-electron chi connectivity index (χ4n) is 3.30. The number of aryl methyl sites for hydroxylation is 2. The third-order valence-corrected chi connectivity index (χ3v) is 6.87. The number of hydrogen-bond acceptors (Lipinski definition) is 3. The van der Waals surface area contributed by atoms with Gasteiger partial charge in [0.1, 0.15) is 6.04 Å². The Balaban J connectivity index is 1.83. The Labute approximate surface area is 162 Å². The zero-order chi connectivity index (χ0) is 18.9. The monoisotopic (exact) mass is 436 g/mol. The van der Waals surface area contributed by atoms with Crippen LogP contribution >= 0.6 is 15.9 Å². The molecule has 1 amide bonds. The minimum Gasteiger partial charge on any atom is -0.325 e. The summed E-state index contributed by atoms with van der Waals surface area (Å²) in [5, 5.41) is 2.88. The van der Waals surface area contributed by atoms with E-state index in [0.717, 1.165) is 15.6 Å². The number of sulfonamides is 1. The SMILES string of the molecule is Cc1cc(C)cc(NC(=O)[C@H]2CCCN2S(=O)(=O)c2ccc(Br)cc2)c1. The second kappa shape index (κ2) is 7.50. The molecule has 2 aromatic rings. The quantitative estimate of drug-likeness (QED) is 0.790. The average Bonchev–Trinajstić information content (AvgIpc) is 3.05. The maximum Gasteiger partial charge on any atom is 0.243 e. The van der Waals surface area contributed by atoms with Gasteiger partial charge in [-0.15, -0.1) is 0 Å². The van der Waals surface area contributed by atoms with Crippen molar-refractivity contribution in [1.29, 1.82) is 0 Å². The van der Waals surface area contributed by atoms with Gasteiger partial charge in [-0.2, -0.15) is 4.31 Å². The van der Waals surface area contributed by atoms with Crippen molar-refractivity contribution in [2.24, 2.45) is 0 Å². The molecule has 0 bridgehead atoms. The van der Waals surface area contributed by atoms with Crippen LogP contribution in [0.25, 0.3) is 0 Å². The van der Waals surface area contributed by atoms with Gasteiger partial charge in [0.25, 0.3) is 0 Å². The van der Waals surface area contributed by atoms with Crippen LogP contribution in [0.2, 0.25) is 0 Å². The number of rotatable bonds is 4. The van der Waals surface area contributed by atoms with Gasteiger partial charge in [0.05, 0.1) is 4.90 Å². The summed E-state index contributed by atoms with van der Waals surface area (Å²) in [6, 6.07) is 11.6. The molecule has 1 N–H and O–H groups in total. The highest BCUT2D eigenvalue weighted by Crippen LogP contribution is 2.28. The van der Waals surface area contributed by atoms with E-state index in [4.69, 9.17) is 0 Å². The summed E-state index contributed by atoms with van der Waals surface area (Å²) in [6.07, 6.45) is 1.19. The van der Waals surface area contributed by atoms with Gasteiger partial charge < -0.3 is 5.32 Å². The van der Waals surface area contributed by atoms with Crippen LogP contribution in [0.5, 0.6) is 0 Å². The lowest BCUT2D eigenvalue weighted by Gasteiger charge is -2.23. The highest BCUT2D eigenvalue weighted by Gasteiger charge is 2.39. The van der Waals surface area contributed by atoms with E-state index in [1.54, 1.807) is 24.3 Å². The molecule has 0 radical (unpaired) electrons. The smallest absolute Gasteiger partial charge is 0.243 e. The van der Waals surface area contributed by atoms with Gasteiger partial charge in [0, 0.05) is 16.7 Å². The van der Waals surface area contributed by atoms with Crippen molar-refractivity contribution in [3.05, 3.63) is 58.1 Å². The van der Waals surface area contributed by atoms with Crippen LogP contribution in [-0.2, 0) is 14.8 Å². The van der Waals surface area contributed by atoms with E-state index in [9.17, 15) is 13.2 Å². The topological polar surface area (TPSA) is 66.5 Å². The molecule has 0 spiro atoms. The Morgan fingerprint density at radius 3 is 2.35 bits per heavy atom. The maximum atomic E-state index is 13.0. The van der Waals surface area contributed by atoms with Gasteiger partial charge in [0.15, 0.2) is 0 Å². The number of halogens is 1. The summed E-state index contributed by atoms with van der Waals surface area (Å²) in [7, 11) is -3.71. The summed E-state index contributed by atoms with van der Waals surface area (Å²) < 4.78 is 28.0. The molecule has 1 saturated heterocycles. The van der Waals surface area contributed by atoms with Crippen molar-refractivity contribution in [3.63, 3.8) is 0 Å². The Kier molecular flexibility index (Phi) is 5.50. The van der Waals surface area contributed by atoms with Crippen LogP contribution in [-0.4, -0.2) is 31.2 Å². The zero-order valence-electron chi connectivity index (χ0n) is 14.7. The number of hydrogen-bond donors (Lipinski definition) is 1. The van der Waals surface area contributed by atoms with E-state index in [1.165, 1.54) is 4.31 Å². The number of benzene rings is 2. The van der Waals surface area contributed by atoms with Gasteiger partial charge in [0.2, 0.25) is 15.9 Å². The average molecular weight is 437 g/mol. The van der Waals surface area contributed by atoms with Crippen molar-refractivity contribution >= 4 is 37.5 Å². The molecule has 0 saturated carbocycles. The van der Waals surface area contributed by atoms with E-state index in [-0.39, 0.29) is 10.8 Å². The van der Waals surface area contributed by atoms with Crippen molar-refractivity contribution in [3.8, 4) is 0 Å². The Morgan fingerprint density at radius 2 is 1.73 bits per heavy atom. The predicted molar refractivity (Wildman–Crippen MR) is 106 cm³/mol. The molecule has 1 atom stereocenters. The van der Waals surface area contributed by atoms with E-state index >= 15 is 0 Å². The van der Waals surface area contributed by atoms with Gasteiger partial charge in [-0.05, 0) is 74.2 Å². The number of carbonyl (C=O) groups excluding carboxylic acids is 1. The second-order valence-corrected chi connectivity index (χ2v) is 9.40. The Bertz CT molecular complexity index is 906. The summed E-state index contributed by atoms with van der Waals surface area (Å²) in [5.74, 6) is -0.284. The maximum absolute atomic E-state index is 13.0. The fourth-order valence-corrected chi connectivity index (χ4v) is 5.23. The number of anilines is 1. The highest BCUT2D eigenvalue weighted by atomic mass is 79.9. The van der Waals surface area contributed by atoms with E-state index in [1.807, 2.05) is 32.0 Å². The third kappa shape index (κ3) is 4.00. The number of amides is 1. The fraction of sp³-hybridized carbons (Fsp3) is 0.316. The number of nitrogens with one attached hydrogen (secondary N) is 1. The Morgan fingerprint density at radius 1 is 1.12 bits per heavy atom. The minimum atomic E-state index is -3.71. The molecular weight excluding hydrogens is 416 g/mol. The lowest BCUT2D eigenvalue weighted by atomic mass is 10.1. The number of carbonyl (C=O) groups is 1. The summed E-state index contributed by atoms with van der Waals surface area (Å²) in [4.78, 5) is 13.0. The molecule has 1 heterocycles. The van der Waals surface area contributed by atoms with Crippen LogP contribution in [0, 0.1) is 13.8 Å². The van der Waals surface area contributed by atoms with Crippen molar-refractivity contribution in [1.82, 2.24) is 4.31 Å². The van der Waals surface area contributed by atoms with E-state index < -0.39 is 16.1 Å². The first-order valence-electron chi connectivity index (χ1n) is 8.44. The standard InChI is InChI=1S/C19H21BrN2O3S/c1-13-10-14(2)12-16(11-13)21-19(23)18-4-3-9-22(18)26(24,25)17-7-5-15(20)6-8-17/h5-8,10-12,18H,3-4,9H2,1-2H3,(H,21,23)/t18-/m1/s1. The second-order valence-electron chi connectivity index (χ2n) is 6.59. The minimum absolute atomic E-state index is 0.201. The predicted octanol–water partition coefficient (Wildman–Crippen LogP) is 3.86. The molecular formula is C19H21BrN2O3S. The first-order valence-corrected chi connectivity index (χ1v) is 10.7. The molecule has 0 unspecified atom stereocenters. The first-order chi connectivity index (χ1) is 12.3. The summed E-state index contributed by atoms with van der Waals surface area (Å²) >= 11 is 3.31. The lowest BCUT2D eigenvalue weighted by molar-refractivity contribution is -0.119. The molecule has 138 valence electrons. The van der Waals surface area contributed by atoms with Crippen LogP contribution in [0.4, 0.5) is 5.69 Å². The largest absolute Gasteiger partial charge is 0.325 e. The van der Waals surface area contributed by atoms with Gasteiger partial charge >= 0.3 is 0 Å². The van der Waals surface area contributed by atoms with Gasteiger partial charge in [-0.1, -0.05) is 22.0 Å². The summed E-state index contributed by atoms with van der Waals surface area (Å²) in [5.41, 5.74) is 2.79. The zero-order valence-corrected chi connectivity index (χ0v) is 17.1. The van der Waals surface area contributed by atoms with Crippen LogP contribution in [0.1, 0.15) is 24.0 Å². The van der Waals surface area contributed by atoms with Gasteiger partial charge in [-0.3, -0.25) is 4.79 Å². The van der Waals surface area contributed by atoms with Crippen LogP contribution < -0.4 is 5.32 Å². The van der Waals surface area contributed by atoms with E-state index in [2.05, 4.69) is 21.2 Å². The van der Waals surface area contributed by atoms with Crippen molar-refractivity contribution in [2.75, 3.05) is 11.9 Å². The molecule has 2 aromatic carbocycles. The number of nitrogens with zero attached hydrogens (tertiary/aromatic N) is 1. The van der Waals surface area contributed by atoms with Crippen LogP contribution in [0.3, 0.4) is 0 Å². The molecule has 3 rings (SSSR count).